The first-order valence-corrected chi connectivity index (χ1v) is 12.6. The summed E-state index contributed by atoms with van der Waals surface area (Å²) in [4.78, 5) is 27.4. The molecule has 2 N–H and O–H groups in total. The van der Waals surface area contributed by atoms with Gasteiger partial charge in [0, 0.05) is 29.3 Å². The number of carbonyl (C=O) groups excluding carboxylic acids is 1. The van der Waals surface area contributed by atoms with Crippen LogP contribution in [0.1, 0.15) is 37.9 Å². The van der Waals surface area contributed by atoms with E-state index in [-0.39, 0.29) is 23.2 Å². The highest BCUT2D eigenvalue weighted by atomic mass is 16.7. The van der Waals surface area contributed by atoms with Gasteiger partial charge in [-0.15, -0.1) is 0 Å². The average molecular weight is 515 g/mol. The molecule has 0 aliphatic carbocycles. The smallest absolute Gasteiger partial charge is 0.288 e. The van der Waals surface area contributed by atoms with Crippen molar-refractivity contribution in [2.45, 2.75) is 46.5 Å². The van der Waals surface area contributed by atoms with Crippen LogP contribution in [0.4, 0.5) is 0 Å². The third-order valence-corrected chi connectivity index (χ3v) is 6.81. The van der Waals surface area contributed by atoms with Crippen molar-refractivity contribution < 1.29 is 14.4 Å². The summed E-state index contributed by atoms with van der Waals surface area (Å²) in [5.74, 6) is -0.110. The minimum atomic E-state index is -0.408. The fourth-order valence-corrected chi connectivity index (χ4v) is 4.38. The number of hydrogen-bond donors (Lipinski definition) is 2. The molecule has 2 aliphatic heterocycles. The normalized spacial score (nSPS) is 17.8. The van der Waals surface area contributed by atoms with Crippen molar-refractivity contribution in [1.82, 2.24) is 35.2 Å². The quantitative estimate of drug-likeness (QED) is 0.406. The fourth-order valence-electron chi connectivity index (χ4n) is 4.38. The van der Waals surface area contributed by atoms with Gasteiger partial charge in [-0.2, -0.15) is 10.2 Å². The monoisotopic (exact) mass is 514 g/mol. The standard InChI is InChI=1S/C27H30N8O3/c1-16-9-17(5-6-18(16)10-28-25(36)24-32-26(38-33-24)27(2,3)4)23-22-7-8-29-35(22)13-21(31-23)19-11-30-34(12-19)20-14-37-15-20/h5-9,11-13,20,26H,10,14-15H2,1-4H3,(H,28,36)(H,32,33). The number of nitrogens with zero attached hydrogens (tertiary/aromatic N) is 6. The van der Waals surface area contributed by atoms with E-state index >= 15 is 0 Å². The molecule has 5 heterocycles. The zero-order valence-corrected chi connectivity index (χ0v) is 21.8. The Morgan fingerprint density at radius 2 is 2.00 bits per heavy atom. The minimum absolute atomic E-state index is 0.191. The van der Waals surface area contributed by atoms with E-state index in [0.717, 1.165) is 39.2 Å². The van der Waals surface area contributed by atoms with Crippen molar-refractivity contribution >= 4 is 17.3 Å². The zero-order valence-electron chi connectivity index (χ0n) is 21.8. The lowest BCUT2D eigenvalue weighted by molar-refractivity contribution is -0.115. The lowest BCUT2D eigenvalue weighted by atomic mass is 9.95. The zero-order chi connectivity index (χ0) is 26.4. The number of amidine groups is 1. The summed E-state index contributed by atoms with van der Waals surface area (Å²) in [5, 5.41) is 11.9. The van der Waals surface area contributed by atoms with Gasteiger partial charge in [0.05, 0.1) is 54.8 Å². The van der Waals surface area contributed by atoms with Crippen molar-refractivity contribution in [2.75, 3.05) is 13.2 Å². The Hall–Kier alpha value is -4.09. The number of aliphatic imine (C=N–C) groups is 1. The van der Waals surface area contributed by atoms with Crippen LogP contribution in [-0.4, -0.2) is 55.6 Å². The predicted octanol–water partition coefficient (Wildman–Crippen LogP) is 3.06. The van der Waals surface area contributed by atoms with Gasteiger partial charge in [-0.25, -0.2) is 24.8 Å². The number of hydroxylamine groups is 1. The molecule has 3 aromatic heterocycles. The number of nitrogens with one attached hydrogen (secondary N) is 2. The third kappa shape index (κ3) is 4.54. The average Bonchev–Trinajstić information content (AvgIpc) is 3.61. The highest BCUT2D eigenvalue weighted by Gasteiger charge is 2.32. The van der Waals surface area contributed by atoms with Gasteiger partial charge in [-0.3, -0.25) is 9.48 Å². The van der Waals surface area contributed by atoms with Crippen LogP contribution in [0, 0.1) is 12.3 Å². The first kappa shape index (κ1) is 24.3. The Bertz CT molecular complexity index is 1540. The number of rotatable bonds is 6. The molecule has 1 fully saturated rings. The summed E-state index contributed by atoms with van der Waals surface area (Å²) in [6.07, 6.45) is 7.11. The second-order valence-electron chi connectivity index (χ2n) is 10.8. The van der Waals surface area contributed by atoms with Gasteiger partial charge in [-0.1, -0.05) is 32.9 Å². The maximum atomic E-state index is 12.6. The van der Waals surface area contributed by atoms with Gasteiger partial charge in [0.25, 0.3) is 5.91 Å². The molecular formula is C27H30N8O3. The highest BCUT2D eigenvalue weighted by Crippen LogP contribution is 2.29. The number of carbonyl (C=O) groups is 1. The van der Waals surface area contributed by atoms with Gasteiger partial charge < -0.3 is 10.1 Å². The van der Waals surface area contributed by atoms with Gasteiger partial charge in [0.15, 0.2) is 6.23 Å². The number of benzene rings is 1. The summed E-state index contributed by atoms with van der Waals surface area (Å²) in [6, 6.07) is 8.34. The molecule has 0 spiro atoms. The SMILES string of the molecule is Cc1cc(-c2nc(-c3cnn(C4COC4)c3)cn3nccc23)ccc1CNC(=O)C1=NC(C(C)(C)C)ON1. The van der Waals surface area contributed by atoms with E-state index in [2.05, 4.69) is 32.1 Å². The maximum Gasteiger partial charge on any atom is 0.288 e. The minimum Gasteiger partial charge on any atom is -0.377 e. The number of aryl methyl sites for hydroxylation is 1. The van der Waals surface area contributed by atoms with Crippen LogP contribution >= 0.6 is 0 Å². The Labute approximate surface area is 219 Å². The Morgan fingerprint density at radius 1 is 1.16 bits per heavy atom. The lowest BCUT2D eigenvalue weighted by Gasteiger charge is -2.25. The Balaban J connectivity index is 1.22. The molecule has 6 rings (SSSR count). The van der Waals surface area contributed by atoms with Crippen LogP contribution in [0.5, 0.6) is 0 Å². The van der Waals surface area contributed by atoms with E-state index in [4.69, 9.17) is 14.6 Å². The van der Waals surface area contributed by atoms with E-state index in [9.17, 15) is 4.79 Å². The summed E-state index contributed by atoms with van der Waals surface area (Å²) in [5.41, 5.74) is 8.89. The van der Waals surface area contributed by atoms with E-state index in [1.54, 1.807) is 6.20 Å². The molecule has 38 heavy (non-hydrogen) atoms. The summed E-state index contributed by atoms with van der Waals surface area (Å²) in [6.45, 7) is 9.78. The van der Waals surface area contributed by atoms with E-state index in [1.165, 1.54) is 0 Å². The van der Waals surface area contributed by atoms with Crippen LogP contribution in [-0.2, 0) is 20.9 Å². The van der Waals surface area contributed by atoms with Gasteiger partial charge in [-0.05, 0) is 30.2 Å². The number of aromatic nitrogens is 5. The second kappa shape index (κ2) is 9.34. The van der Waals surface area contributed by atoms with Crippen LogP contribution in [0.25, 0.3) is 28.0 Å². The van der Waals surface area contributed by atoms with E-state index in [0.29, 0.717) is 19.8 Å². The molecule has 4 aromatic rings. The first-order valence-electron chi connectivity index (χ1n) is 12.6. The predicted molar refractivity (Wildman–Crippen MR) is 141 cm³/mol. The van der Waals surface area contributed by atoms with Crippen molar-refractivity contribution in [3.05, 3.63) is 60.2 Å². The summed E-state index contributed by atoms with van der Waals surface area (Å²) in [7, 11) is 0. The van der Waals surface area contributed by atoms with Crippen LogP contribution in [0.3, 0.4) is 0 Å². The van der Waals surface area contributed by atoms with Gasteiger partial charge in [0.2, 0.25) is 5.84 Å². The summed E-state index contributed by atoms with van der Waals surface area (Å²) < 4.78 is 9.07. The number of ether oxygens (including phenoxy) is 1. The third-order valence-electron chi connectivity index (χ3n) is 6.81. The molecule has 1 aromatic carbocycles. The molecule has 2 aliphatic rings. The first-order chi connectivity index (χ1) is 18.3. The molecule has 0 saturated carbocycles. The largest absolute Gasteiger partial charge is 0.377 e. The molecule has 1 atom stereocenters. The molecule has 1 saturated heterocycles. The highest BCUT2D eigenvalue weighted by molar-refractivity contribution is 6.37. The van der Waals surface area contributed by atoms with Crippen molar-refractivity contribution in [2.24, 2.45) is 10.4 Å². The molecule has 11 heteroatoms. The molecule has 0 radical (unpaired) electrons. The number of amides is 1. The topological polar surface area (TPSA) is 120 Å². The molecule has 0 bridgehead atoms. The van der Waals surface area contributed by atoms with Crippen LogP contribution < -0.4 is 10.8 Å². The molecule has 1 amide bonds. The van der Waals surface area contributed by atoms with E-state index < -0.39 is 6.23 Å². The fraction of sp³-hybridized carbons (Fsp3) is 0.370. The molecule has 11 nitrogen and oxygen atoms in total. The Kier molecular flexibility index (Phi) is 5.96. The maximum absolute atomic E-state index is 12.6. The Morgan fingerprint density at radius 3 is 2.71 bits per heavy atom. The number of hydrogen-bond acceptors (Lipinski definition) is 8. The second-order valence-corrected chi connectivity index (χ2v) is 10.8. The number of fused-ring (bicyclic) bond motifs is 1. The lowest BCUT2D eigenvalue weighted by Crippen LogP contribution is -2.37. The molecule has 196 valence electrons. The van der Waals surface area contributed by atoms with Crippen molar-refractivity contribution in [3.8, 4) is 22.5 Å². The van der Waals surface area contributed by atoms with Crippen LogP contribution in [0.2, 0.25) is 0 Å². The summed E-state index contributed by atoms with van der Waals surface area (Å²) >= 11 is 0. The van der Waals surface area contributed by atoms with Crippen molar-refractivity contribution in [3.63, 3.8) is 0 Å². The van der Waals surface area contributed by atoms with Crippen LogP contribution in [0.15, 0.2) is 54.0 Å². The van der Waals surface area contributed by atoms with Gasteiger partial charge in [0.1, 0.15) is 0 Å². The molecular weight excluding hydrogens is 484 g/mol. The van der Waals surface area contributed by atoms with E-state index in [1.807, 2.05) is 73.7 Å². The van der Waals surface area contributed by atoms with Crippen molar-refractivity contribution in [1.29, 1.82) is 0 Å². The van der Waals surface area contributed by atoms with Gasteiger partial charge >= 0.3 is 0 Å². The molecule has 1 unspecified atom stereocenters.